The van der Waals surface area contributed by atoms with Gasteiger partial charge in [-0.05, 0) is 44.0 Å². The molecule has 0 saturated heterocycles. The first-order valence-corrected chi connectivity index (χ1v) is 6.03. The van der Waals surface area contributed by atoms with Crippen molar-refractivity contribution in [1.82, 2.24) is 0 Å². The highest BCUT2D eigenvalue weighted by Crippen LogP contribution is 2.20. The number of esters is 1. The lowest BCUT2D eigenvalue weighted by molar-refractivity contribution is -0.160. The monoisotopic (exact) mass is 251 g/mol. The number of nitrogens with two attached hydrogens (primary N) is 1. The number of carbonyl (C=O) groups excluding carboxylic acids is 1. The molecule has 0 aromatic heterocycles. The van der Waals surface area contributed by atoms with Gasteiger partial charge in [0.25, 0.3) is 0 Å². The van der Waals surface area contributed by atoms with E-state index in [2.05, 4.69) is 0 Å². The lowest BCUT2D eigenvalue weighted by atomic mass is 10.1. The summed E-state index contributed by atoms with van der Waals surface area (Å²) in [4.78, 5) is 11.9. The van der Waals surface area contributed by atoms with Crippen molar-refractivity contribution in [3.05, 3.63) is 24.3 Å². The molecular weight excluding hydrogens is 230 g/mol. The summed E-state index contributed by atoms with van der Waals surface area (Å²) in [6, 6.07) is 6.91. The summed E-state index contributed by atoms with van der Waals surface area (Å²) in [6.07, 6.45) is 0. The number of hydrogen-bond donors (Lipinski definition) is 1. The van der Waals surface area contributed by atoms with Gasteiger partial charge >= 0.3 is 5.97 Å². The number of nitrogen functional groups attached to an aromatic ring is 1. The van der Waals surface area contributed by atoms with Gasteiger partial charge in [-0.25, -0.2) is 4.79 Å². The maximum atomic E-state index is 11.9. The molecule has 0 radical (unpaired) electrons. The van der Waals surface area contributed by atoms with E-state index in [9.17, 15) is 4.79 Å². The molecule has 0 aliphatic heterocycles. The molecule has 0 unspecified atom stereocenters. The highest BCUT2D eigenvalue weighted by atomic mass is 16.6. The van der Waals surface area contributed by atoms with E-state index in [1.54, 1.807) is 38.1 Å². The van der Waals surface area contributed by atoms with E-state index >= 15 is 0 Å². The molecule has 100 valence electrons. The first-order chi connectivity index (χ1) is 8.31. The van der Waals surface area contributed by atoms with E-state index < -0.39 is 5.60 Å². The number of carbonyl (C=O) groups is 1. The molecule has 0 aliphatic carbocycles. The van der Waals surface area contributed by atoms with Crippen molar-refractivity contribution < 1.29 is 14.3 Å². The third-order valence-electron chi connectivity index (χ3n) is 2.29. The van der Waals surface area contributed by atoms with Gasteiger partial charge in [0, 0.05) is 5.69 Å². The first kappa shape index (κ1) is 14.4. The molecule has 4 nitrogen and oxygen atoms in total. The van der Waals surface area contributed by atoms with Crippen LogP contribution in [0.4, 0.5) is 5.69 Å². The number of rotatable bonds is 5. The molecule has 0 saturated carbocycles. The topological polar surface area (TPSA) is 61.5 Å². The fourth-order valence-electron chi connectivity index (χ4n) is 1.29. The Balaban J connectivity index is 2.63. The van der Waals surface area contributed by atoms with Crippen molar-refractivity contribution in [3.63, 3.8) is 0 Å². The molecule has 0 bridgehead atoms. The molecule has 0 fully saturated rings. The van der Waals surface area contributed by atoms with Crippen LogP contribution in [0.15, 0.2) is 24.3 Å². The molecule has 4 heteroatoms. The predicted octanol–water partition coefficient (Wildman–Crippen LogP) is 2.63. The van der Waals surface area contributed by atoms with Gasteiger partial charge < -0.3 is 15.2 Å². The standard InChI is InChI=1S/C14H21NO3/c1-10(2)9-17-13(16)14(3,4)18-12-7-5-11(15)6-8-12/h5-8,10H,9,15H2,1-4H3. The first-order valence-electron chi connectivity index (χ1n) is 6.03. The molecule has 0 heterocycles. The van der Waals surface area contributed by atoms with Crippen molar-refractivity contribution in [2.75, 3.05) is 12.3 Å². The van der Waals surface area contributed by atoms with Crippen LogP contribution in [0.3, 0.4) is 0 Å². The lowest BCUT2D eigenvalue weighted by Crippen LogP contribution is -2.40. The summed E-state index contributed by atoms with van der Waals surface area (Å²) < 4.78 is 10.8. The Kier molecular flexibility index (Phi) is 4.59. The molecule has 0 spiro atoms. The summed E-state index contributed by atoms with van der Waals surface area (Å²) >= 11 is 0. The van der Waals surface area contributed by atoms with Crippen LogP contribution in [0.1, 0.15) is 27.7 Å². The Morgan fingerprint density at radius 1 is 1.28 bits per heavy atom. The Bertz CT molecular complexity index is 396. The van der Waals surface area contributed by atoms with Gasteiger partial charge in [-0.1, -0.05) is 13.8 Å². The van der Waals surface area contributed by atoms with E-state index in [1.165, 1.54) is 0 Å². The largest absolute Gasteiger partial charge is 0.476 e. The Morgan fingerprint density at radius 2 is 1.83 bits per heavy atom. The van der Waals surface area contributed by atoms with Crippen LogP contribution in [0.5, 0.6) is 5.75 Å². The zero-order valence-electron chi connectivity index (χ0n) is 11.4. The zero-order chi connectivity index (χ0) is 13.8. The molecular formula is C14H21NO3. The second-order valence-corrected chi connectivity index (χ2v) is 5.17. The van der Waals surface area contributed by atoms with Crippen LogP contribution >= 0.6 is 0 Å². The van der Waals surface area contributed by atoms with Crippen LogP contribution < -0.4 is 10.5 Å². The molecule has 0 amide bonds. The molecule has 18 heavy (non-hydrogen) atoms. The number of hydrogen-bond acceptors (Lipinski definition) is 4. The average molecular weight is 251 g/mol. The second-order valence-electron chi connectivity index (χ2n) is 5.17. The van der Waals surface area contributed by atoms with Gasteiger partial charge in [0.2, 0.25) is 0 Å². The fourth-order valence-corrected chi connectivity index (χ4v) is 1.29. The minimum absolute atomic E-state index is 0.307. The van der Waals surface area contributed by atoms with E-state index in [-0.39, 0.29) is 5.97 Å². The molecule has 0 atom stereocenters. The third-order valence-corrected chi connectivity index (χ3v) is 2.29. The fraction of sp³-hybridized carbons (Fsp3) is 0.500. The highest BCUT2D eigenvalue weighted by Gasteiger charge is 2.31. The summed E-state index contributed by atoms with van der Waals surface area (Å²) in [7, 11) is 0. The summed E-state index contributed by atoms with van der Waals surface area (Å²) in [6.45, 7) is 7.74. The molecule has 0 aliphatic rings. The Morgan fingerprint density at radius 3 is 2.33 bits per heavy atom. The van der Waals surface area contributed by atoms with Gasteiger partial charge in [-0.15, -0.1) is 0 Å². The van der Waals surface area contributed by atoms with Crippen molar-refractivity contribution in [2.45, 2.75) is 33.3 Å². The minimum Gasteiger partial charge on any atom is -0.476 e. The van der Waals surface area contributed by atoms with E-state index in [0.717, 1.165) is 0 Å². The Labute approximate surface area is 108 Å². The average Bonchev–Trinajstić information content (AvgIpc) is 2.28. The third kappa shape index (κ3) is 4.28. The van der Waals surface area contributed by atoms with Gasteiger partial charge in [0.05, 0.1) is 6.61 Å². The SMILES string of the molecule is CC(C)COC(=O)C(C)(C)Oc1ccc(N)cc1. The van der Waals surface area contributed by atoms with Crippen molar-refractivity contribution in [2.24, 2.45) is 5.92 Å². The minimum atomic E-state index is -1.01. The predicted molar refractivity (Wildman–Crippen MR) is 71.4 cm³/mol. The molecule has 1 aromatic rings. The maximum Gasteiger partial charge on any atom is 0.349 e. The van der Waals surface area contributed by atoms with Crippen LogP contribution in [-0.2, 0) is 9.53 Å². The summed E-state index contributed by atoms with van der Waals surface area (Å²) in [5.41, 5.74) is 5.23. The number of ether oxygens (including phenoxy) is 2. The van der Waals surface area contributed by atoms with Crippen LogP contribution in [0.2, 0.25) is 0 Å². The van der Waals surface area contributed by atoms with Gasteiger partial charge in [-0.3, -0.25) is 0 Å². The van der Waals surface area contributed by atoms with Crippen LogP contribution in [-0.4, -0.2) is 18.2 Å². The number of benzene rings is 1. The molecule has 1 rings (SSSR count). The molecule has 2 N–H and O–H groups in total. The van der Waals surface area contributed by atoms with Crippen LogP contribution in [0, 0.1) is 5.92 Å². The maximum absolute atomic E-state index is 11.9. The van der Waals surface area contributed by atoms with Crippen molar-refractivity contribution >= 4 is 11.7 Å². The summed E-state index contributed by atoms with van der Waals surface area (Å²) in [5.74, 6) is 0.532. The van der Waals surface area contributed by atoms with Gasteiger partial charge in [0.1, 0.15) is 5.75 Å². The number of anilines is 1. The van der Waals surface area contributed by atoms with Crippen molar-refractivity contribution in [3.8, 4) is 5.75 Å². The lowest BCUT2D eigenvalue weighted by Gasteiger charge is -2.24. The van der Waals surface area contributed by atoms with Gasteiger partial charge in [0.15, 0.2) is 5.60 Å². The zero-order valence-corrected chi connectivity index (χ0v) is 11.4. The Hall–Kier alpha value is -1.71. The van der Waals surface area contributed by atoms with E-state index in [1.807, 2.05) is 13.8 Å². The normalized spacial score (nSPS) is 11.4. The smallest absolute Gasteiger partial charge is 0.349 e. The van der Waals surface area contributed by atoms with Crippen LogP contribution in [0.25, 0.3) is 0 Å². The van der Waals surface area contributed by atoms with E-state index in [4.69, 9.17) is 15.2 Å². The quantitative estimate of drug-likeness (QED) is 0.645. The van der Waals surface area contributed by atoms with Crippen molar-refractivity contribution in [1.29, 1.82) is 0 Å². The van der Waals surface area contributed by atoms with Gasteiger partial charge in [-0.2, -0.15) is 0 Å². The van der Waals surface area contributed by atoms with E-state index in [0.29, 0.717) is 24.0 Å². The molecule has 1 aromatic carbocycles. The second kappa shape index (κ2) is 5.76. The highest BCUT2D eigenvalue weighted by molar-refractivity contribution is 5.79. The summed E-state index contributed by atoms with van der Waals surface area (Å²) in [5, 5.41) is 0.